The summed E-state index contributed by atoms with van der Waals surface area (Å²) in [6.45, 7) is 3.71. The van der Waals surface area contributed by atoms with Gasteiger partial charge in [0.2, 0.25) is 0 Å². The number of likely N-dealkylation sites (tertiary alicyclic amines) is 1. The average Bonchev–Trinajstić information content (AvgIpc) is 1.51. The largest absolute Gasteiger partial charge is 0.301 e. The Kier molecular flexibility index (Phi) is 0.762. The molecule has 0 aromatic rings. The lowest BCUT2D eigenvalue weighted by Gasteiger charge is -2.54. The van der Waals surface area contributed by atoms with Gasteiger partial charge in [0.15, 0.2) is 0 Å². The molecule has 0 atom stereocenters. The van der Waals surface area contributed by atoms with Crippen molar-refractivity contribution in [1.29, 1.82) is 0 Å². The minimum Gasteiger partial charge on any atom is -0.301 e. The minimum atomic E-state index is 0.717. The van der Waals surface area contributed by atoms with Gasteiger partial charge in [-0.25, -0.2) is 0 Å². The van der Waals surface area contributed by atoms with Gasteiger partial charge in [-0.2, -0.15) is 0 Å². The highest BCUT2D eigenvalue weighted by Crippen LogP contribution is 2.50. The van der Waals surface area contributed by atoms with Crippen LogP contribution in [0.25, 0.3) is 0 Å². The SMILES string of the molecule is CN1[CH]C2(CCC2)C1. The van der Waals surface area contributed by atoms with Gasteiger partial charge in [0, 0.05) is 18.5 Å². The number of hydrogen-bond donors (Lipinski definition) is 0. The van der Waals surface area contributed by atoms with Crippen molar-refractivity contribution in [1.82, 2.24) is 4.90 Å². The van der Waals surface area contributed by atoms with Gasteiger partial charge >= 0.3 is 0 Å². The molecule has 1 saturated heterocycles. The van der Waals surface area contributed by atoms with Crippen LogP contribution in [-0.2, 0) is 0 Å². The summed E-state index contributed by atoms with van der Waals surface area (Å²) in [6, 6.07) is 0. The standard InChI is InChI=1S/C7H12N/c1-8-5-7(6-8)3-2-4-7/h5H,2-4,6H2,1H3. The highest BCUT2D eigenvalue weighted by Gasteiger charge is 2.45. The Hall–Kier alpha value is -0.0400. The summed E-state index contributed by atoms with van der Waals surface area (Å²) >= 11 is 0. The summed E-state index contributed by atoms with van der Waals surface area (Å²) in [5.74, 6) is 0. The van der Waals surface area contributed by atoms with Gasteiger partial charge in [-0.15, -0.1) is 0 Å². The van der Waals surface area contributed by atoms with Crippen LogP contribution in [0, 0.1) is 12.0 Å². The minimum absolute atomic E-state index is 0.717. The van der Waals surface area contributed by atoms with E-state index in [0.717, 1.165) is 5.41 Å². The molecule has 1 heterocycles. The summed E-state index contributed by atoms with van der Waals surface area (Å²) < 4.78 is 0. The van der Waals surface area contributed by atoms with Crippen LogP contribution in [0.1, 0.15) is 19.3 Å². The monoisotopic (exact) mass is 110 g/mol. The lowest BCUT2D eigenvalue weighted by Crippen LogP contribution is -2.53. The maximum Gasteiger partial charge on any atom is 0.0323 e. The molecule has 1 nitrogen and oxygen atoms in total. The van der Waals surface area contributed by atoms with Gasteiger partial charge in [-0.3, -0.25) is 0 Å². The molecule has 2 fully saturated rings. The van der Waals surface area contributed by atoms with Gasteiger partial charge in [0.25, 0.3) is 0 Å². The van der Waals surface area contributed by atoms with Crippen molar-refractivity contribution in [2.75, 3.05) is 13.6 Å². The zero-order chi connectivity index (χ0) is 5.61. The molecule has 1 spiro atoms. The molecule has 0 aromatic heterocycles. The molecule has 0 aromatic carbocycles. The zero-order valence-electron chi connectivity index (χ0n) is 5.35. The molecule has 8 heavy (non-hydrogen) atoms. The number of hydrogen-bond acceptors (Lipinski definition) is 1. The maximum absolute atomic E-state index is 2.39. The predicted molar refractivity (Wildman–Crippen MR) is 33.2 cm³/mol. The zero-order valence-corrected chi connectivity index (χ0v) is 5.35. The van der Waals surface area contributed by atoms with Crippen LogP contribution in [0.4, 0.5) is 0 Å². The Morgan fingerprint density at radius 1 is 1.50 bits per heavy atom. The molecule has 0 unspecified atom stereocenters. The Labute approximate surface area is 50.7 Å². The quantitative estimate of drug-likeness (QED) is 0.454. The third kappa shape index (κ3) is 0.455. The molecule has 45 valence electrons. The van der Waals surface area contributed by atoms with Crippen molar-refractivity contribution in [3.05, 3.63) is 6.54 Å². The Balaban J connectivity index is 1.92. The van der Waals surface area contributed by atoms with E-state index < -0.39 is 0 Å². The summed E-state index contributed by atoms with van der Waals surface area (Å²) in [4.78, 5) is 2.29. The first kappa shape index (κ1) is 4.80. The van der Waals surface area contributed by atoms with Crippen molar-refractivity contribution in [2.45, 2.75) is 19.3 Å². The van der Waals surface area contributed by atoms with E-state index in [2.05, 4.69) is 18.5 Å². The topological polar surface area (TPSA) is 3.24 Å². The van der Waals surface area contributed by atoms with E-state index >= 15 is 0 Å². The van der Waals surface area contributed by atoms with E-state index in [1.165, 1.54) is 25.8 Å². The second-order valence-electron chi connectivity index (χ2n) is 3.26. The molecule has 2 rings (SSSR count). The second-order valence-corrected chi connectivity index (χ2v) is 3.26. The van der Waals surface area contributed by atoms with Crippen LogP contribution in [0.15, 0.2) is 0 Å². The molecule has 1 radical (unpaired) electrons. The first-order chi connectivity index (χ1) is 3.81. The highest BCUT2D eigenvalue weighted by atomic mass is 15.2. The van der Waals surface area contributed by atoms with Crippen molar-refractivity contribution >= 4 is 0 Å². The highest BCUT2D eigenvalue weighted by molar-refractivity contribution is 5.07. The summed E-state index contributed by atoms with van der Waals surface area (Å²) in [5, 5.41) is 0. The molecule has 0 amide bonds. The summed E-state index contributed by atoms with van der Waals surface area (Å²) in [7, 11) is 2.16. The Bertz CT molecular complexity index is 97.0. The van der Waals surface area contributed by atoms with Crippen LogP contribution in [0.5, 0.6) is 0 Å². The van der Waals surface area contributed by atoms with Crippen molar-refractivity contribution in [3.8, 4) is 0 Å². The maximum atomic E-state index is 2.39. The lowest BCUT2D eigenvalue weighted by molar-refractivity contribution is 0.00917. The number of nitrogens with zero attached hydrogens (tertiary/aromatic N) is 1. The third-order valence-electron chi connectivity index (χ3n) is 2.41. The molecule has 1 heteroatoms. The lowest BCUT2D eigenvalue weighted by atomic mass is 9.64. The van der Waals surface area contributed by atoms with E-state index in [1.807, 2.05) is 0 Å². The predicted octanol–water partition coefficient (Wildman–Crippen LogP) is 1.26. The summed E-state index contributed by atoms with van der Waals surface area (Å²) in [5.41, 5.74) is 0.717. The number of rotatable bonds is 0. The van der Waals surface area contributed by atoms with E-state index in [9.17, 15) is 0 Å². The van der Waals surface area contributed by atoms with Crippen LogP contribution >= 0.6 is 0 Å². The molecule has 1 aliphatic heterocycles. The fraction of sp³-hybridized carbons (Fsp3) is 0.857. The van der Waals surface area contributed by atoms with E-state index in [0.29, 0.717) is 0 Å². The Morgan fingerprint density at radius 3 is 2.25 bits per heavy atom. The van der Waals surface area contributed by atoms with E-state index in [4.69, 9.17) is 0 Å². The normalized spacial score (nSPS) is 34.1. The third-order valence-corrected chi connectivity index (χ3v) is 2.41. The van der Waals surface area contributed by atoms with Crippen molar-refractivity contribution in [2.24, 2.45) is 5.41 Å². The first-order valence-corrected chi connectivity index (χ1v) is 3.37. The van der Waals surface area contributed by atoms with Gasteiger partial charge in [0.1, 0.15) is 0 Å². The molecular weight excluding hydrogens is 98.1 g/mol. The van der Waals surface area contributed by atoms with Crippen LogP contribution in [0.3, 0.4) is 0 Å². The van der Waals surface area contributed by atoms with Crippen LogP contribution < -0.4 is 0 Å². The van der Waals surface area contributed by atoms with Gasteiger partial charge in [-0.1, -0.05) is 6.42 Å². The van der Waals surface area contributed by atoms with Crippen molar-refractivity contribution in [3.63, 3.8) is 0 Å². The van der Waals surface area contributed by atoms with E-state index in [-0.39, 0.29) is 0 Å². The van der Waals surface area contributed by atoms with Crippen molar-refractivity contribution < 1.29 is 0 Å². The molecule has 2 aliphatic rings. The first-order valence-electron chi connectivity index (χ1n) is 3.37. The summed E-state index contributed by atoms with van der Waals surface area (Å²) in [6.07, 6.45) is 4.37. The van der Waals surface area contributed by atoms with E-state index in [1.54, 1.807) is 0 Å². The molecule has 0 N–H and O–H groups in total. The van der Waals surface area contributed by atoms with Crippen LogP contribution in [-0.4, -0.2) is 18.5 Å². The van der Waals surface area contributed by atoms with Gasteiger partial charge in [-0.05, 0) is 19.9 Å². The fourth-order valence-electron chi connectivity index (χ4n) is 1.86. The molecule has 1 aliphatic carbocycles. The Morgan fingerprint density at radius 2 is 2.12 bits per heavy atom. The van der Waals surface area contributed by atoms with Crippen LogP contribution in [0.2, 0.25) is 0 Å². The van der Waals surface area contributed by atoms with Gasteiger partial charge < -0.3 is 4.90 Å². The molecule has 1 saturated carbocycles. The fourth-order valence-corrected chi connectivity index (χ4v) is 1.86. The molecular formula is C7H12N. The smallest absolute Gasteiger partial charge is 0.0323 e. The second kappa shape index (κ2) is 1.27. The van der Waals surface area contributed by atoms with Gasteiger partial charge in [0.05, 0.1) is 0 Å². The average molecular weight is 110 g/mol. The molecule has 0 bridgehead atoms.